The second kappa shape index (κ2) is 5.94. The molecule has 7 heteroatoms. The summed E-state index contributed by atoms with van der Waals surface area (Å²) in [4.78, 5) is 4.46. The van der Waals surface area contributed by atoms with Crippen LogP contribution in [0.25, 0.3) is 23.0 Å². The van der Waals surface area contributed by atoms with Crippen LogP contribution in [-0.4, -0.2) is 19.9 Å². The van der Waals surface area contributed by atoms with Crippen molar-refractivity contribution >= 4 is 11.3 Å². The molecule has 0 N–H and O–H groups in total. The number of aromatic nitrogens is 4. The van der Waals surface area contributed by atoms with Crippen molar-refractivity contribution in [2.45, 2.75) is 19.3 Å². The summed E-state index contributed by atoms with van der Waals surface area (Å²) in [5.41, 5.74) is 3.80. The molecule has 0 aliphatic carbocycles. The number of nitrogens with zero attached hydrogens (tertiary/aromatic N) is 4. The van der Waals surface area contributed by atoms with E-state index in [-0.39, 0.29) is 6.10 Å². The van der Waals surface area contributed by atoms with E-state index in [1.54, 1.807) is 11.3 Å². The molecule has 0 unspecified atom stereocenters. The summed E-state index contributed by atoms with van der Waals surface area (Å²) < 4.78 is 13.3. The minimum absolute atomic E-state index is 0.00509. The highest BCUT2D eigenvalue weighted by atomic mass is 32.1. The number of hydrogen-bond donors (Lipinski definition) is 0. The second-order valence-corrected chi connectivity index (χ2v) is 6.63. The summed E-state index contributed by atoms with van der Waals surface area (Å²) in [5.74, 6) is 1.01. The quantitative estimate of drug-likeness (QED) is 0.560. The molecule has 5 rings (SSSR count). The fraction of sp³-hybridized carbons (Fsp3) is 0.167. The number of hydrogen-bond acceptors (Lipinski definition) is 6. The van der Waals surface area contributed by atoms with Gasteiger partial charge in [-0.05, 0) is 23.1 Å². The molecular formula is C18H14N4O2S. The normalized spacial score (nSPS) is 16.7. The highest BCUT2D eigenvalue weighted by Crippen LogP contribution is 2.29. The molecular weight excluding hydrogens is 336 g/mol. The Kier molecular flexibility index (Phi) is 3.46. The van der Waals surface area contributed by atoms with Gasteiger partial charge in [0.25, 0.3) is 5.89 Å². The van der Waals surface area contributed by atoms with Crippen LogP contribution in [0.3, 0.4) is 0 Å². The molecule has 4 heterocycles. The monoisotopic (exact) mass is 350 g/mol. The second-order valence-electron chi connectivity index (χ2n) is 5.85. The Hall–Kier alpha value is -2.77. The number of fused-ring (bicyclic) bond motifs is 1. The molecule has 0 saturated heterocycles. The van der Waals surface area contributed by atoms with Crippen molar-refractivity contribution in [1.29, 1.82) is 0 Å². The van der Waals surface area contributed by atoms with Gasteiger partial charge in [-0.1, -0.05) is 35.5 Å². The molecule has 4 aromatic rings. The average molecular weight is 350 g/mol. The molecule has 0 spiro atoms. The van der Waals surface area contributed by atoms with Gasteiger partial charge in [-0.3, -0.25) is 4.68 Å². The third kappa shape index (κ3) is 2.67. The zero-order chi connectivity index (χ0) is 16.6. The van der Waals surface area contributed by atoms with Crippen molar-refractivity contribution in [3.8, 4) is 23.0 Å². The van der Waals surface area contributed by atoms with E-state index in [1.807, 2.05) is 45.8 Å². The Morgan fingerprint density at radius 3 is 2.92 bits per heavy atom. The van der Waals surface area contributed by atoms with E-state index in [0.717, 1.165) is 16.8 Å². The minimum Gasteiger partial charge on any atom is -0.365 e. The van der Waals surface area contributed by atoms with E-state index in [1.165, 1.54) is 0 Å². The molecule has 0 fully saturated rings. The van der Waals surface area contributed by atoms with E-state index in [0.29, 0.717) is 30.6 Å². The van der Waals surface area contributed by atoms with Gasteiger partial charge in [-0.15, -0.1) is 0 Å². The SMILES string of the molecule is c1ccc([C@@H]2Cn3nc(-c4nc(-c5ccsc5)no4)cc3CO2)cc1. The third-order valence-corrected chi connectivity index (χ3v) is 4.91. The largest absolute Gasteiger partial charge is 0.365 e. The van der Waals surface area contributed by atoms with Gasteiger partial charge in [0.2, 0.25) is 5.82 Å². The van der Waals surface area contributed by atoms with E-state index in [4.69, 9.17) is 9.26 Å². The van der Waals surface area contributed by atoms with Gasteiger partial charge in [0.05, 0.1) is 18.8 Å². The van der Waals surface area contributed by atoms with Gasteiger partial charge in [-0.2, -0.15) is 21.4 Å². The number of thiophene rings is 1. The average Bonchev–Trinajstić information content (AvgIpc) is 3.40. The Labute approximate surface area is 147 Å². The zero-order valence-corrected chi connectivity index (χ0v) is 14.0. The van der Waals surface area contributed by atoms with Crippen molar-refractivity contribution in [2.24, 2.45) is 0 Å². The predicted octanol–water partition coefficient (Wildman–Crippen LogP) is 3.93. The maximum Gasteiger partial charge on any atom is 0.278 e. The van der Waals surface area contributed by atoms with Gasteiger partial charge in [0.1, 0.15) is 6.10 Å². The molecule has 1 atom stereocenters. The fourth-order valence-electron chi connectivity index (χ4n) is 2.94. The molecule has 1 aliphatic heterocycles. The van der Waals surface area contributed by atoms with Crippen LogP contribution in [-0.2, 0) is 17.9 Å². The Bertz CT molecular complexity index is 991. The zero-order valence-electron chi connectivity index (χ0n) is 13.2. The fourth-order valence-corrected chi connectivity index (χ4v) is 3.57. The maximum atomic E-state index is 5.98. The van der Waals surface area contributed by atoms with Crippen molar-refractivity contribution in [2.75, 3.05) is 0 Å². The molecule has 25 heavy (non-hydrogen) atoms. The van der Waals surface area contributed by atoms with Gasteiger partial charge in [0.15, 0.2) is 5.69 Å². The molecule has 1 aromatic carbocycles. The summed E-state index contributed by atoms with van der Waals surface area (Å²) in [6.07, 6.45) is 0.00509. The van der Waals surface area contributed by atoms with Crippen molar-refractivity contribution in [3.63, 3.8) is 0 Å². The number of ether oxygens (including phenoxy) is 1. The van der Waals surface area contributed by atoms with E-state index < -0.39 is 0 Å². The van der Waals surface area contributed by atoms with Crippen LogP contribution < -0.4 is 0 Å². The van der Waals surface area contributed by atoms with Gasteiger partial charge in [-0.25, -0.2) is 0 Å². The maximum absolute atomic E-state index is 5.98. The molecule has 124 valence electrons. The van der Waals surface area contributed by atoms with E-state index in [2.05, 4.69) is 27.4 Å². The molecule has 0 amide bonds. The van der Waals surface area contributed by atoms with Crippen LogP contribution in [0.4, 0.5) is 0 Å². The minimum atomic E-state index is 0.00509. The highest BCUT2D eigenvalue weighted by Gasteiger charge is 2.24. The van der Waals surface area contributed by atoms with Crippen molar-refractivity contribution in [1.82, 2.24) is 19.9 Å². The molecule has 1 aliphatic rings. The molecule has 3 aromatic heterocycles. The van der Waals surface area contributed by atoms with Crippen molar-refractivity contribution < 1.29 is 9.26 Å². The summed E-state index contributed by atoms with van der Waals surface area (Å²) in [6.45, 7) is 1.18. The first-order chi connectivity index (χ1) is 12.4. The first kappa shape index (κ1) is 14.6. The lowest BCUT2D eigenvalue weighted by Crippen LogP contribution is -2.21. The summed E-state index contributed by atoms with van der Waals surface area (Å²) in [6, 6.07) is 14.1. The molecule has 6 nitrogen and oxygen atoms in total. The first-order valence-corrected chi connectivity index (χ1v) is 8.91. The Morgan fingerprint density at radius 2 is 2.08 bits per heavy atom. The number of rotatable bonds is 3. The van der Waals surface area contributed by atoms with Crippen LogP contribution >= 0.6 is 11.3 Å². The van der Waals surface area contributed by atoms with Crippen LogP contribution in [0.15, 0.2) is 57.7 Å². The number of benzene rings is 1. The van der Waals surface area contributed by atoms with Crippen LogP contribution in [0.1, 0.15) is 17.4 Å². The Balaban J connectivity index is 1.42. The first-order valence-electron chi connectivity index (χ1n) is 7.97. The van der Waals surface area contributed by atoms with E-state index >= 15 is 0 Å². The van der Waals surface area contributed by atoms with Crippen LogP contribution in [0.5, 0.6) is 0 Å². The van der Waals surface area contributed by atoms with E-state index in [9.17, 15) is 0 Å². The van der Waals surface area contributed by atoms with Crippen LogP contribution in [0, 0.1) is 0 Å². The smallest absolute Gasteiger partial charge is 0.278 e. The molecule has 0 saturated carbocycles. The Morgan fingerprint density at radius 1 is 1.16 bits per heavy atom. The third-order valence-electron chi connectivity index (χ3n) is 4.23. The lowest BCUT2D eigenvalue weighted by atomic mass is 10.1. The van der Waals surface area contributed by atoms with Gasteiger partial charge in [0, 0.05) is 10.9 Å². The lowest BCUT2D eigenvalue weighted by molar-refractivity contribution is -0.00113. The summed E-state index contributed by atoms with van der Waals surface area (Å²) in [5, 5.41) is 12.7. The van der Waals surface area contributed by atoms with Gasteiger partial charge < -0.3 is 9.26 Å². The predicted molar refractivity (Wildman–Crippen MR) is 92.8 cm³/mol. The summed E-state index contributed by atoms with van der Waals surface area (Å²) in [7, 11) is 0. The van der Waals surface area contributed by atoms with Crippen LogP contribution in [0.2, 0.25) is 0 Å². The van der Waals surface area contributed by atoms with Gasteiger partial charge >= 0.3 is 0 Å². The standard InChI is InChI=1S/C18H14N4O2S/c1-2-4-12(5-3-1)16-9-22-14(10-23-16)8-15(20-22)18-19-17(21-24-18)13-6-7-25-11-13/h1-8,11,16H,9-10H2/t16-/m0/s1. The summed E-state index contributed by atoms with van der Waals surface area (Å²) >= 11 is 1.60. The molecule has 0 bridgehead atoms. The topological polar surface area (TPSA) is 66.0 Å². The van der Waals surface area contributed by atoms with Crippen molar-refractivity contribution in [3.05, 3.63) is 64.5 Å². The lowest BCUT2D eigenvalue weighted by Gasteiger charge is -2.24. The highest BCUT2D eigenvalue weighted by molar-refractivity contribution is 7.08. The molecule has 0 radical (unpaired) electrons.